The van der Waals surface area contributed by atoms with Crippen LogP contribution in [0.2, 0.25) is 0 Å². The van der Waals surface area contributed by atoms with E-state index in [4.69, 9.17) is 5.11 Å². The Morgan fingerprint density at radius 1 is 1.07 bits per heavy atom. The molecule has 3 aromatic rings. The highest BCUT2D eigenvalue weighted by molar-refractivity contribution is 5.95. The molecule has 0 radical (unpaired) electrons. The van der Waals surface area contributed by atoms with Gasteiger partial charge in [-0.1, -0.05) is 67.9 Å². The molecule has 3 aromatic carbocycles. The normalized spacial score (nSPS) is 12.2. The van der Waals surface area contributed by atoms with Crippen molar-refractivity contribution in [3.8, 4) is 0 Å². The first-order valence-electron chi connectivity index (χ1n) is 9.34. The molecular formula is C24H26F2O2. The standard InChI is InChI=1S/C15H16O2.C9H10F2/c1-3-10(2)13-6-4-5-11-9-12(15(16)17)7-8-14(11)13;1-7-3-5-8(6-4-7)9(2,10)11/h4-10H,3H2,1-2H3,(H,16,17);3-6H,1-2H3. The summed E-state index contributed by atoms with van der Waals surface area (Å²) in [5, 5.41) is 11.1. The SMILES string of the molecule is CCC(C)c1cccc2cc(C(=O)O)ccc12.Cc1ccc(C(C)(F)F)cc1. The summed E-state index contributed by atoms with van der Waals surface area (Å²) in [7, 11) is 0. The molecule has 0 saturated heterocycles. The maximum absolute atomic E-state index is 12.6. The molecule has 0 aliphatic rings. The Morgan fingerprint density at radius 2 is 1.71 bits per heavy atom. The number of alkyl halides is 2. The van der Waals surface area contributed by atoms with Crippen LogP contribution in [0.4, 0.5) is 8.78 Å². The maximum atomic E-state index is 12.6. The lowest BCUT2D eigenvalue weighted by Crippen LogP contribution is -2.06. The Morgan fingerprint density at radius 3 is 2.25 bits per heavy atom. The van der Waals surface area contributed by atoms with Gasteiger partial charge < -0.3 is 5.11 Å². The van der Waals surface area contributed by atoms with Gasteiger partial charge in [0.2, 0.25) is 0 Å². The van der Waals surface area contributed by atoms with Gasteiger partial charge in [0, 0.05) is 12.5 Å². The molecule has 0 fully saturated rings. The number of aryl methyl sites for hydroxylation is 1. The summed E-state index contributed by atoms with van der Waals surface area (Å²) in [6.45, 7) is 7.13. The van der Waals surface area contributed by atoms with E-state index in [1.165, 1.54) is 17.7 Å². The summed E-state index contributed by atoms with van der Waals surface area (Å²) in [5.74, 6) is -3.09. The van der Waals surface area contributed by atoms with Crippen LogP contribution in [0.1, 0.15) is 60.2 Å². The van der Waals surface area contributed by atoms with Crippen LogP contribution in [0.25, 0.3) is 10.8 Å². The highest BCUT2D eigenvalue weighted by atomic mass is 19.3. The van der Waals surface area contributed by atoms with Crippen LogP contribution in [-0.4, -0.2) is 11.1 Å². The molecular weight excluding hydrogens is 358 g/mol. The van der Waals surface area contributed by atoms with Gasteiger partial charge in [0.05, 0.1) is 5.56 Å². The minimum absolute atomic E-state index is 0.0723. The van der Waals surface area contributed by atoms with Crippen molar-refractivity contribution in [3.05, 3.63) is 82.9 Å². The van der Waals surface area contributed by atoms with Crippen molar-refractivity contribution in [2.24, 2.45) is 0 Å². The average Bonchev–Trinajstić information content (AvgIpc) is 2.66. The van der Waals surface area contributed by atoms with Crippen molar-refractivity contribution in [1.82, 2.24) is 0 Å². The van der Waals surface area contributed by atoms with Crippen molar-refractivity contribution < 1.29 is 18.7 Å². The molecule has 0 spiro atoms. The van der Waals surface area contributed by atoms with Crippen LogP contribution in [0.15, 0.2) is 60.7 Å². The molecule has 3 rings (SSSR count). The fraction of sp³-hybridized carbons (Fsp3) is 0.292. The number of halogens is 2. The quantitative estimate of drug-likeness (QED) is 0.518. The highest BCUT2D eigenvalue weighted by Gasteiger charge is 2.23. The Kier molecular flexibility index (Phi) is 6.90. The van der Waals surface area contributed by atoms with E-state index in [0.717, 1.165) is 29.7 Å². The first-order valence-corrected chi connectivity index (χ1v) is 9.34. The monoisotopic (exact) mass is 384 g/mol. The highest BCUT2D eigenvalue weighted by Crippen LogP contribution is 2.28. The maximum Gasteiger partial charge on any atom is 0.335 e. The Bertz CT molecular complexity index is 941. The van der Waals surface area contributed by atoms with Gasteiger partial charge in [0.1, 0.15) is 0 Å². The Labute approximate surface area is 164 Å². The Balaban J connectivity index is 0.000000221. The van der Waals surface area contributed by atoms with Gasteiger partial charge >= 0.3 is 5.97 Å². The lowest BCUT2D eigenvalue weighted by Gasteiger charge is -2.12. The van der Waals surface area contributed by atoms with Gasteiger partial charge in [0.15, 0.2) is 0 Å². The van der Waals surface area contributed by atoms with E-state index < -0.39 is 11.9 Å². The number of aromatic carboxylic acids is 1. The summed E-state index contributed by atoms with van der Waals surface area (Å²) in [6, 6.07) is 17.7. The first kappa shape index (κ1) is 21.5. The largest absolute Gasteiger partial charge is 0.478 e. The molecule has 0 aliphatic heterocycles. The number of hydrogen-bond acceptors (Lipinski definition) is 1. The molecule has 4 heteroatoms. The van der Waals surface area contributed by atoms with E-state index in [2.05, 4.69) is 19.9 Å². The first-order chi connectivity index (χ1) is 13.1. The number of fused-ring (bicyclic) bond motifs is 1. The zero-order valence-corrected chi connectivity index (χ0v) is 16.7. The van der Waals surface area contributed by atoms with E-state index in [1.807, 2.05) is 25.1 Å². The van der Waals surface area contributed by atoms with Crippen LogP contribution in [0, 0.1) is 6.92 Å². The number of benzene rings is 3. The number of carbonyl (C=O) groups is 1. The molecule has 1 unspecified atom stereocenters. The Hall–Kier alpha value is -2.75. The van der Waals surface area contributed by atoms with Crippen LogP contribution >= 0.6 is 0 Å². The van der Waals surface area contributed by atoms with E-state index in [9.17, 15) is 13.6 Å². The zero-order valence-electron chi connectivity index (χ0n) is 16.7. The summed E-state index contributed by atoms with van der Waals surface area (Å²) in [6.07, 6.45) is 1.08. The lowest BCUT2D eigenvalue weighted by molar-refractivity contribution is 0.0174. The molecule has 0 heterocycles. The third-order valence-electron chi connectivity index (χ3n) is 4.86. The molecule has 0 saturated carbocycles. The smallest absolute Gasteiger partial charge is 0.335 e. The fourth-order valence-corrected chi connectivity index (χ4v) is 2.94. The molecule has 0 aliphatic carbocycles. The van der Waals surface area contributed by atoms with Gasteiger partial charge in [-0.15, -0.1) is 0 Å². The molecule has 0 aromatic heterocycles. The predicted octanol–water partition coefficient (Wildman–Crippen LogP) is 7.16. The van der Waals surface area contributed by atoms with Gasteiger partial charge in [-0.3, -0.25) is 0 Å². The van der Waals surface area contributed by atoms with Gasteiger partial charge in [-0.2, -0.15) is 0 Å². The van der Waals surface area contributed by atoms with Crippen molar-refractivity contribution in [3.63, 3.8) is 0 Å². The third kappa shape index (κ3) is 5.38. The molecule has 2 nitrogen and oxygen atoms in total. The van der Waals surface area contributed by atoms with E-state index in [0.29, 0.717) is 11.5 Å². The summed E-state index contributed by atoms with van der Waals surface area (Å²) in [5.41, 5.74) is 2.71. The number of carboxylic acids is 1. The van der Waals surface area contributed by atoms with E-state index in [1.54, 1.807) is 24.3 Å². The van der Waals surface area contributed by atoms with Gasteiger partial charge in [-0.05, 0) is 47.7 Å². The second kappa shape index (κ2) is 8.96. The summed E-state index contributed by atoms with van der Waals surface area (Å²) >= 11 is 0. The van der Waals surface area contributed by atoms with Crippen LogP contribution in [0.5, 0.6) is 0 Å². The van der Waals surface area contributed by atoms with Crippen LogP contribution in [-0.2, 0) is 5.92 Å². The van der Waals surface area contributed by atoms with Crippen molar-refractivity contribution >= 4 is 16.7 Å². The molecule has 1 N–H and O–H groups in total. The topological polar surface area (TPSA) is 37.3 Å². The van der Waals surface area contributed by atoms with E-state index >= 15 is 0 Å². The number of hydrogen-bond donors (Lipinski definition) is 1. The lowest BCUT2D eigenvalue weighted by atomic mass is 9.92. The second-order valence-electron chi connectivity index (χ2n) is 7.15. The molecule has 0 amide bonds. The molecule has 1 atom stereocenters. The van der Waals surface area contributed by atoms with Crippen LogP contribution < -0.4 is 0 Å². The van der Waals surface area contributed by atoms with Crippen molar-refractivity contribution in [1.29, 1.82) is 0 Å². The van der Waals surface area contributed by atoms with Crippen molar-refractivity contribution in [2.75, 3.05) is 0 Å². The van der Waals surface area contributed by atoms with E-state index in [-0.39, 0.29) is 5.56 Å². The molecule has 28 heavy (non-hydrogen) atoms. The number of carboxylic acid groups (broad SMARTS) is 1. The van der Waals surface area contributed by atoms with Gasteiger partial charge in [-0.25, -0.2) is 13.6 Å². The summed E-state index contributed by atoms with van der Waals surface area (Å²) < 4.78 is 25.2. The third-order valence-corrected chi connectivity index (χ3v) is 4.86. The average molecular weight is 384 g/mol. The second-order valence-corrected chi connectivity index (χ2v) is 7.15. The minimum Gasteiger partial charge on any atom is -0.478 e. The molecule has 0 bridgehead atoms. The number of rotatable bonds is 4. The van der Waals surface area contributed by atoms with Crippen molar-refractivity contribution in [2.45, 2.75) is 46.0 Å². The fourth-order valence-electron chi connectivity index (χ4n) is 2.94. The zero-order chi connectivity index (χ0) is 20.9. The molecule has 148 valence electrons. The minimum atomic E-state index is -2.71. The summed E-state index contributed by atoms with van der Waals surface area (Å²) in [4.78, 5) is 10.9. The predicted molar refractivity (Wildman–Crippen MR) is 110 cm³/mol. The van der Waals surface area contributed by atoms with Crippen LogP contribution in [0.3, 0.4) is 0 Å². The van der Waals surface area contributed by atoms with Gasteiger partial charge in [0.25, 0.3) is 5.92 Å².